The maximum Gasteiger partial charge on any atom is 0.251 e. The zero-order valence-corrected chi connectivity index (χ0v) is 15.3. The van der Waals surface area contributed by atoms with E-state index in [2.05, 4.69) is 28.7 Å². The van der Waals surface area contributed by atoms with Crippen LogP contribution in [-0.2, 0) is 16.1 Å². The van der Waals surface area contributed by atoms with Crippen LogP contribution < -0.4 is 0 Å². The van der Waals surface area contributed by atoms with Gasteiger partial charge in [0.25, 0.3) is 5.91 Å². The summed E-state index contributed by atoms with van der Waals surface area (Å²) in [5.74, 6) is 1.00. The molecule has 1 amide bonds. The van der Waals surface area contributed by atoms with Gasteiger partial charge in [0.15, 0.2) is 0 Å². The van der Waals surface area contributed by atoms with Crippen molar-refractivity contribution in [1.82, 2.24) is 9.80 Å². The van der Waals surface area contributed by atoms with Crippen LogP contribution in [0, 0.1) is 5.92 Å². The van der Waals surface area contributed by atoms with Gasteiger partial charge in [0, 0.05) is 32.2 Å². The predicted molar refractivity (Wildman–Crippen MR) is 96.0 cm³/mol. The molecule has 3 aliphatic heterocycles. The smallest absolute Gasteiger partial charge is 0.251 e. The van der Waals surface area contributed by atoms with Crippen LogP contribution in [-0.4, -0.2) is 53.6 Å². The number of hydrogen-bond acceptors (Lipinski definition) is 4. The SMILES string of the molecule is CC1CCN(C(=O)[C@@H]2CC[C@H]3[C@H](CCN3Cc3ccsc3)O2)CC1. The molecule has 0 radical (unpaired) electrons. The lowest BCUT2D eigenvalue weighted by atomic mass is 9.96. The third-order valence-electron chi connectivity index (χ3n) is 6.00. The van der Waals surface area contributed by atoms with Crippen LogP contribution in [0.15, 0.2) is 16.8 Å². The molecule has 0 spiro atoms. The summed E-state index contributed by atoms with van der Waals surface area (Å²) in [7, 11) is 0. The first-order valence-corrected chi connectivity index (χ1v) is 10.3. The summed E-state index contributed by atoms with van der Waals surface area (Å²) >= 11 is 1.76. The second-order valence-corrected chi connectivity index (χ2v) is 8.49. The first-order chi connectivity index (χ1) is 11.7. The standard InChI is InChI=1S/C19H28N2O2S/c1-14-4-8-20(9-5-14)19(22)18-3-2-16-17(23-18)6-10-21(16)12-15-7-11-24-13-15/h7,11,13-14,16-18H,2-6,8-10,12H2,1H3/t16-,17-,18-/m0/s1. The average Bonchev–Trinajstić information content (AvgIpc) is 3.25. The fourth-order valence-electron chi connectivity index (χ4n) is 4.44. The van der Waals surface area contributed by atoms with Crippen LogP contribution >= 0.6 is 11.3 Å². The van der Waals surface area contributed by atoms with E-state index < -0.39 is 0 Å². The molecule has 24 heavy (non-hydrogen) atoms. The topological polar surface area (TPSA) is 32.8 Å². The van der Waals surface area contributed by atoms with Gasteiger partial charge in [-0.15, -0.1) is 0 Å². The maximum atomic E-state index is 12.8. The molecule has 4 nitrogen and oxygen atoms in total. The molecule has 3 atom stereocenters. The number of piperidine rings is 1. The third kappa shape index (κ3) is 3.39. The Morgan fingerprint density at radius 3 is 2.79 bits per heavy atom. The zero-order chi connectivity index (χ0) is 16.5. The Kier molecular flexibility index (Phi) is 4.93. The summed E-state index contributed by atoms with van der Waals surface area (Å²) in [4.78, 5) is 17.4. The number of amides is 1. The summed E-state index contributed by atoms with van der Waals surface area (Å²) in [5.41, 5.74) is 1.40. The fraction of sp³-hybridized carbons (Fsp3) is 0.737. The molecule has 3 aliphatic rings. The van der Waals surface area contributed by atoms with Gasteiger partial charge in [-0.05, 0) is 60.4 Å². The molecular weight excluding hydrogens is 320 g/mol. The van der Waals surface area contributed by atoms with Crippen molar-refractivity contribution < 1.29 is 9.53 Å². The van der Waals surface area contributed by atoms with Crippen molar-refractivity contribution in [2.45, 2.75) is 63.8 Å². The van der Waals surface area contributed by atoms with Gasteiger partial charge in [0.05, 0.1) is 6.10 Å². The number of ether oxygens (including phenoxy) is 1. The molecule has 0 aliphatic carbocycles. The van der Waals surface area contributed by atoms with Crippen molar-refractivity contribution >= 4 is 17.2 Å². The molecule has 5 heteroatoms. The van der Waals surface area contributed by atoms with Crippen LogP contribution in [0.25, 0.3) is 0 Å². The second kappa shape index (κ2) is 7.14. The highest BCUT2D eigenvalue weighted by atomic mass is 32.1. The largest absolute Gasteiger partial charge is 0.363 e. The van der Waals surface area contributed by atoms with E-state index in [-0.39, 0.29) is 18.1 Å². The summed E-state index contributed by atoms with van der Waals surface area (Å²) < 4.78 is 6.27. The van der Waals surface area contributed by atoms with Crippen LogP contribution in [0.5, 0.6) is 0 Å². The molecule has 4 heterocycles. The number of carbonyl (C=O) groups excluding carboxylic acids is 1. The van der Waals surface area contributed by atoms with Crippen molar-refractivity contribution in [2.75, 3.05) is 19.6 Å². The minimum absolute atomic E-state index is 0.194. The normalized spacial score (nSPS) is 32.0. The number of nitrogens with zero attached hydrogens (tertiary/aromatic N) is 2. The molecule has 0 saturated carbocycles. The summed E-state index contributed by atoms with van der Waals surface area (Å²) in [6.45, 7) is 6.23. The highest BCUT2D eigenvalue weighted by molar-refractivity contribution is 7.07. The molecular formula is C19H28N2O2S. The van der Waals surface area contributed by atoms with Crippen LogP contribution in [0.1, 0.15) is 44.6 Å². The predicted octanol–water partition coefficient (Wildman–Crippen LogP) is 3.13. The van der Waals surface area contributed by atoms with Gasteiger partial charge in [-0.25, -0.2) is 0 Å². The third-order valence-corrected chi connectivity index (χ3v) is 6.73. The molecule has 4 rings (SSSR count). The van der Waals surface area contributed by atoms with Crippen molar-refractivity contribution in [3.8, 4) is 0 Å². The Bertz CT molecular complexity index is 554. The molecule has 1 aromatic heterocycles. The molecule has 0 bridgehead atoms. The van der Waals surface area contributed by atoms with E-state index in [1.807, 2.05) is 4.90 Å². The van der Waals surface area contributed by atoms with E-state index in [1.54, 1.807) is 11.3 Å². The van der Waals surface area contributed by atoms with Gasteiger partial charge in [-0.2, -0.15) is 11.3 Å². The highest BCUT2D eigenvalue weighted by Crippen LogP contribution is 2.33. The van der Waals surface area contributed by atoms with E-state index in [0.29, 0.717) is 6.04 Å². The Morgan fingerprint density at radius 1 is 1.21 bits per heavy atom. The van der Waals surface area contributed by atoms with Crippen molar-refractivity contribution in [3.05, 3.63) is 22.4 Å². The van der Waals surface area contributed by atoms with Crippen LogP contribution in [0.2, 0.25) is 0 Å². The van der Waals surface area contributed by atoms with E-state index >= 15 is 0 Å². The first kappa shape index (κ1) is 16.6. The van der Waals surface area contributed by atoms with Gasteiger partial charge < -0.3 is 9.64 Å². The van der Waals surface area contributed by atoms with E-state index in [4.69, 9.17) is 4.74 Å². The maximum absolute atomic E-state index is 12.8. The highest BCUT2D eigenvalue weighted by Gasteiger charge is 2.42. The Hall–Kier alpha value is -0.910. The van der Waals surface area contributed by atoms with Crippen LogP contribution in [0.3, 0.4) is 0 Å². The second-order valence-electron chi connectivity index (χ2n) is 7.71. The zero-order valence-electron chi connectivity index (χ0n) is 14.5. The van der Waals surface area contributed by atoms with Gasteiger partial charge in [0.1, 0.15) is 6.10 Å². The lowest BCUT2D eigenvalue weighted by Crippen LogP contribution is -2.50. The monoisotopic (exact) mass is 348 g/mol. The summed E-state index contributed by atoms with van der Waals surface area (Å²) in [6.07, 6.45) is 5.37. The summed E-state index contributed by atoms with van der Waals surface area (Å²) in [6, 6.07) is 2.71. The number of likely N-dealkylation sites (tertiary alicyclic amines) is 2. The van der Waals surface area contributed by atoms with Crippen molar-refractivity contribution in [3.63, 3.8) is 0 Å². The van der Waals surface area contributed by atoms with Gasteiger partial charge in [0.2, 0.25) is 0 Å². The molecule has 0 aromatic carbocycles. The van der Waals surface area contributed by atoms with Crippen molar-refractivity contribution in [1.29, 1.82) is 0 Å². The molecule has 3 saturated heterocycles. The molecule has 3 fully saturated rings. The summed E-state index contributed by atoms with van der Waals surface area (Å²) in [5, 5.41) is 4.38. The number of rotatable bonds is 3. The molecule has 0 unspecified atom stereocenters. The molecule has 1 aromatic rings. The molecule has 132 valence electrons. The minimum atomic E-state index is -0.194. The quantitative estimate of drug-likeness (QED) is 0.841. The number of fused-ring (bicyclic) bond motifs is 1. The van der Waals surface area contributed by atoms with Crippen molar-refractivity contribution in [2.24, 2.45) is 5.92 Å². The lowest BCUT2D eigenvalue weighted by Gasteiger charge is -2.38. The van der Waals surface area contributed by atoms with E-state index in [9.17, 15) is 4.79 Å². The van der Waals surface area contributed by atoms with Gasteiger partial charge in [-0.1, -0.05) is 6.92 Å². The van der Waals surface area contributed by atoms with E-state index in [1.165, 1.54) is 5.56 Å². The minimum Gasteiger partial charge on any atom is -0.363 e. The van der Waals surface area contributed by atoms with Crippen LogP contribution in [0.4, 0.5) is 0 Å². The number of carbonyl (C=O) groups is 1. The lowest BCUT2D eigenvalue weighted by molar-refractivity contribution is -0.155. The average molecular weight is 349 g/mol. The van der Waals surface area contributed by atoms with Gasteiger partial charge >= 0.3 is 0 Å². The fourth-order valence-corrected chi connectivity index (χ4v) is 5.10. The van der Waals surface area contributed by atoms with Gasteiger partial charge in [-0.3, -0.25) is 9.69 Å². The number of thiophene rings is 1. The first-order valence-electron chi connectivity index (χ1n) is 9.40. The molecule has 0 N–H and O–H groups in total. The number of hydrogen-bond donors (Lipinski definition) is 0. The van der Waals surface area contributed by atoms with E-state index in [0.717, 1.165) is 64.2 Å². The Morgan fingerprint density at radius 2 is 2.04 bits per heavy atom. The Labute approximate surface area is 148 Å². The Balaban J connectivity index is 1.33.